The number of aryl methyl sites for hydroxylation is 2. The van der Waals surface area contributed by atoms with Crippen molar-refractivity contribution in [1.29, 1.82) is 0 Å². The van der Waals surface area contributed by atoms with Gasteiger partial charge in [0.15, 0.2) is 18.1 Å². The number of nitrogens with zero attached hydrogens (tertiary/aromatic N) is 2. The summed E-state index contributed by atoms with van der Waals surface area (Å²) in [5.41, 5.74) is 3.75. The second kappa shape index (κ2) is 7.84. The maximum atomic E-state index is 12.5. The van der Waals surface area contributed by atoms with Crippen LogP contribution in [0.1, 0.15) is 35.8 Å². The third kappa shape index (κ3) is 3.99. The molecule has 0 radical (unpaired) electrons. The molecule has 5 nitrogen and oxygen atoms in total. The summed E-state index contributed by atoms with van der Waals surface area (Å²) in [6, 6.07) is 11.4. The van der Waals surface area contributed by atoms with Crippen LogP contribution in [0.3, 0.4) is 0 Å². The van der Waals surface area contributed by atoms with Crippen LogP contribution in [0.4, 0.5) is 0 Å². The zero-order valence-electron chi connectivity index (χ0n) is 16.1. The first-order valence-electron chi connectivity index (χ1n) is 9.53. The van der Waals surface area contributed by atoms with E-state index in [9.17, 15) is 4.79 Å². The minimum absolute atomic E-state index is 0.0165. The Morgan fingerprint density at radius 1 is 1.21 bits per heavy atom. The number of halogens is 1. The van der Waals surface area contributed by atoms with Gasteiger partial charge in [-0.1, -0.05) is 29.3 Å². The van der Waals surface area contributed by atoms with Gasteiger partial charge in [0.1, 0.15) is 11.3 Å². The molecule has 3 aromatic rings. The topological polar surface area (TPSA) is 55.6 Å². The lowest BCUT2D eigenvalue weighted by Gasteiger charge is -2.30. The maximum absolute atomic E-state index is 12.5. The minimum atomic E-state index is 0.0165. The quantitative estimate of drug-likeness (QED) is 0.628. The fourth-order valence-electron chi connectivity index (χ4n) is 3.66. The monoisotopic (exact) mass is 398 g/mol. The number of rotatable bonds is 4. The Bertz CT molecular complexity index is 1010. The Balaban J connectivity index is 1.33. The van der Waals surface area contributed by atoms with Crippen molar-refractivity contribution in [3.05, 3.63) is 58.4 Å². The Morgan fingerprint density at radius 2 is 2.00 bits per heavy atom. The van der Waals surface area contributed by atoms with Crippen molar-refractivity contribution in [2.24, 2.45) is 0 Å². The van der Waals surface area contributed by atoms with Gasteiger partial charge in [0.25, 0.3) is 5.91 Å². The van der Waals surface area contributed by atoms with Crippen molar-refractivity contribution < 1.29 is 13.9 Å². The lowest BCUT2D eigenvalue weighted by atomic mass is 9.97. The van der Waals surface area contributed by atoms with Gasteiger partial charge in [-0.25, -0.2) is 4.98 Å². The summed E-state index contributed by atoms with van der Waals surface area (Å²) in [6.07, 6.45) is 1.66. The number of ether oxygens (including phenoxy) is 1. The molecule has 1 saturated heterocycles. The zero-order chi connectivity index (χ0) is 19.7. The summed E-state index contributed by atoms with van der Waals surface area (Å²) in [5, 5.41) is 0.650. The fraction of sp³-hybridized carbons (Fsp3) is 0.364. The molecule has 1 fully saturated rings. The Hall–Kier alpha value is -2.53. The predicted molar refractivity (Wildman–Crippen MR) is 109 cm³/mol. The van der Waals surface area contributed by atoms with Crippen molar-refractivity contribution in [2.75, 3.05) is 19.7 Å². The molecule has 1 aromatic heterocycles. The van der Waals surface area contributed by atoms with Crippen molar-refractivity contribution >= 4 is 28.6 Å². The van der Waals surface area contributed by atoms with Crippen LogP contribution in [-0.4, -0.2) is 35.5 Å². The molecule has 4 rings (SSSR count). The third-order valence-corrected chi connectivity index (χ3v) is 5.48. The van der Waals surface area contributed by atoms with E-state index in [0.717, 1.165) is 41.1 Å². The normalized spacial score (nSPS) is 15.2. The summed E-state index contributed by atoms with van der Waals surface area (Å²) in [6.45, 7) is 5.46. The van der Waals surface area contributed by atoms with Crippen molar-refractivity contribution in [3.63, 3.8) is 0 Å². The maximum Gasteiger partial charge on any atom is 0.260 e. The van der Waals surface area contributed by atoms with Gasteiger partial charge in [0.2, 0.25) is 0 Å². The molecule has 0 aliphatic carbocycles. The predicted octanol–water partition coefficient (Wildman–Crippen LogP) is 4.88. The first kappa shape index (κ1) is 18.8. The van der Waals surface area contributed by atoms with Crippen LogP contribution < -0.4 is 4.74 Å². The number of benzene rings is 2. The summed E-state index contributed by atoms with van der Waals surface area (Å²) in [4.78, 5) is 19.0. The van der Waals surface area contributed by atoms with E-state index in [-0.39, 0.29) is 18.4 Å². The number of hydrogen-bond donors (Lipinski definition) is 0. The number of amides is 1. The lowest BCUT2D eigenvalue weighted by Crippen LogP contribution is -2.40. The number of carbonyl (C=O) groups is 1. The van der Waals surface area contributed by atoms with E-state index in [0.29, 0.717) is 18.1 Å². The van der Waals surface area contributed by atoms with Gasteiger partial charge in [-0.3, -0.25) is 4.79 Å². The molecule has 2 heterocycles. The molecule has 2 aromatic carbocycles. The van der Waals surface area contributed by atoms with E-state index < -0.39 is 0 Å². The highest BCUT2D eigenvalue weighted by Gasteiger charge is 2.27. The van der Waals surface area contributed by atoms with Gasteiger partial charge < -0.3 is 14.1 Å². The van der Waals surface area contributed by atoms with Crippen molar-refractivity contribution in [1.82, 2.24) is 9.88 Å². The second-order valence-corrected chi connectivity index (χ2v) is 7.81. The Labute approximate surface area is 169 Å². The van der Waals surface area contributed by atoms with Gasteiger partial charge in [0.05, 0.1) is 0 Å². The van der Waals surface area contributed by atoms with E-state index in [2.05, 4.69) is 11.1 Å². The number of piperidine rings is 1. The fourth-order valence-corrected chi connectivity index (χ4v) is 3.83. The minimum Gasteiger partial charge on any atom is -0.484 e. The van der Waals surface area contributed by atoms with Crippen molar-refractivity contribution in [3.8, 4) is 5.75 Å². The summed E-state index contributed by atoms with van der Waals surface area (Å²) in [5.74, 6) is 1.73. The van der Waals surface area contributed by atoms with Gasteiger partial charge in [-0.15, -0.1) is 0 Å². The molecule has 0 unspecified atom stereocenters. The molecular weight excluding hydrogens is 376 g/mol. The van der Waals surface area contributed by atoms with Crippen molar-refractivity contribution in [2.45, 2.75) is 32.6 Å². The standard InChI is InChI=1S/C22H23ClN2O3/c1-14-3-5-19(15(2)11-14)27-13-21(26)25-9-7-16(8-10-25)22-24-18-12-17(23)4-6-20(18)28-22/h3-6,11-12,16H,7-10,13H2,1-2H3. The van der Waals surface area contributed by atoms with Gasteiger partial charge >= 0.3 is 0 Å². The molecule has 0 atom stereocenters. The first-order chi connectivity index (χ1) is 13.5. The van der Waals surface area contributed by atoms with Crippen LogP contribution in [0.2, 0.25) is 5.02 Å². The molecule has 1 amide bonds. The lowest BCUT2D eigenvalue weighted by molar-refractivity contribution is -0.134. The smallest absolute Gasteiger partial charge is 0.260 e. The van der Waals surface area contributed by atoms with Crippen LogP contribution in [0.15, 0.2) is 40.8 Å². The van der Waals surface area contributed by atoms with E-state index in [4.69, 9.17) is 20.8 Å². The summed E-state index contributed by atoms with van der Waals surface area (Å²) >= 11 is 6.02. The molecule has 1 aliphatic rings. The van der Waals surface area contributed by atoms with Crippen LogP contribution in [0.5, 0.6) is 5.75 Å². The van der Waals surface area contributed by atoms with Gasteiger partial charge in [-0.2, -0.15) is 0 Å². The molecule has 146 valence electrons. The zero-order valence-corrected chi connectivity index (χ0v) is 16.8. The number of fused-ring (bicyclic) bond motifs is 1. The van der Waals surface area contributed by atoms with Crippen LogP contribution >= 0.6 is 11.6 Å². The largest absolute Gasteiger partial charge is 0.484 e. The summed E-state index contributed by atoms with van der Waals surface area (Å²) in [7, 11) is 0. The van der Waals surface area contributed by atoms with Crippen LogP contribution in [0, 0.1) is 13.8 Å². The first-order valence-corrected chi connectivity index (χ1v) is 9.91. The van der Waals surface area contributed by atoms with E-state index in [1.165, 1.54) is 5.56 Å². The van der Waals surface area contributed by atoms with Crippen LogP contribution in [-0.2, 0) is 4.79 Å². The highest BCUT2D eigenvalue weighted by molar-refractivity contribution is 6.31. The molecule has 0 N–H and O–H groups in total. The molecule has 0 bridgehead atoms. The Kier molecular flexibility index (Phi) is 5.27. The molecule has 28 heavy (non-hydrogen) atoms. The van der Waals surface area contributed by atoms with Gasteiger partial charge in [0, 0.05) is 24.0 Å². The molecule has 0 spiro atoms. The summed E-state index contributed by atoms with van der Waals surface area (Å²) < 4.78 is 11.6. The average Bonchev–Trinajstić information content (AvgIpc) is 3.10. The second-order valence-electron chi connectivity index (χ2n) is 7.38. The Morgan fingerprint density at radius 3 is 2.75 bits per heavy atom. The van der Waals surface area contributed by atoms with E-state index in [1.807, 2.05) is 43.0 Å². The number of hydrogen-bond acceptors (Lipinski definition) is 4. The SMILES string of the molecule is Cc1ccc(OCC(=O)N2CCC(c3nc4cc(Cl)ccc4o3)CC2)c(C)c1. The molecule has 6 heteroatoms. The molecule has 0 saturated carbocycles. The molecular formula is C22H23ClN2O3. The van der Waals surface area contributed by atoms with Gasteiger partial charge in [-0.05, 0) is 56.5 Å². The van der Waals surface area contributed by atoms with E-state index >= 15 is 0 Å². The highest BCUT2D eigenvalue weighted by atomic mass is 35.5. The molecule has 1 aliphatic heterocycles. The van der Waals surface area contributed by atoms with E-state index in [1.54, 1.807) is 6.07 Å². The average molecular weight is 399 g/mol. The third-order valence-electron chi connectivity index (χ3n) is 5.24. The highest BCUT2D eigenvalue weighted by Crippen LogP contribution is 2.31. The number of carbonyl (C=O) groups excluding carboxylic acids is 1. The number of aromatic nitrogens is 1. The number of likely N-dealkylation sites (tertiary alicyclic amines) is 1. The van der Waals surface area contributed by atoms with Crippen LogP contribution in [0.25, 0.3) is 11.1 Å². The number of oxazole rings is 1.